The number of nitrogens with one attached hydrogen (secondary N) is 2. The Kier molecular flexibility index (Phi) is 9.76. The summed E-state index contributed by atoms with van der Waals surface area (Å²) in [5, 5.41) is 16.3. The van der Waals surface area contributed by atoms with E-state index in [1.54, 1.807) is 0 Å². The Bertz CT molecular complexity index is 245. The second kappa shape index (κ2) is 9.80. The first-order chi connectivity index (χ1) is 8.20. The van der Waals surface area contributed by atoms with Gasteiger partial charge in [-0.05, 0) is 33.1 Å². The molecular formula is C12H26IN3O2. The number of nitrogens with zero attached hydrogens (tertiary/aromatic N) is 1. The van der Waals surface area contributed by atoms with Crippen molar-refractivity contribution in [3.63, 3.8) is 0 Å². The van der Waals surface area contributed by atoms with Gasteiger partial charge in [0, 0.05) is 19.7 Å². The van der Waals surface area contributed by atoms with Crippen molar-refractivity contribution in [1.82, 2.24) is 10.6 Å². The number of ether oxygens (including phenoxy) is 1. The molecule has 0 bridgehead atoms. The number of rotatable bonds is 7. The molecule has 5 nitrogen and oxygen atoms in total. The fraction of sp³-hybridized carbons (Fsp3) is 0.917. The Labute approximate surface area is 127 Å². The molecule has 1 rings (SSSR count). The molecule has 6 heteroatoms. The van der Waals surface area contributed by atoms with Crippen molar-refractivity contribution < 1.29 is 9.84 Å². The molecule has 0 amide bonds. The van der Waals surface area contributed by atoms with E-state index < -0.39 is 5.60 Å². The summed E-state index contributed by atoms with van der Waals surface area (Å²) < 4.78 is 5.25. The van der Waals surface area contributed by atoms with E-state index in [1.807, 2.05) is 13.8 Å². The SMILES string of the molecule is CCNC(=NCC1(O)CCC1)NCCOCC.I. The van der Waals surface area contributed by atoms with Gasteiger partial charge in [0.05, 0.1) is 18.8 Å². The van der Waals surface area contributed by atoms with Crippen LogP contribution in [0.2, 0.25) is 0 Å². The van der Waals surface area contributed by atoms with Crippen LogP contribution in [0.4, 0.5) is 0 Å². The summed E-state index contributed by atoms with van der Waals surface area (Å²) in [7, 11) is 0. The molecule has 108 valence electrons. The molecule has 0 aromatic heterocycles. The van der Waals surface area contributed by atoms with Gasteiger partial charge in [-0.1, -0.05) is 0 Å². The first kappa shape index (κ1) is 17.9. The van der Waals surface area contributed by atoms with Gasteiger partial charge in [-0.2, -0.15) is 0 Å². The van der Waals surface area contributed by atoms with E-state index in [1.165, 1.54) is 0 Å². The highest BCUT2D eigenvalue weighted by Crippen LogP contribution is 2.31. The van der Waals surface area contributed by atoms with Crippen LogP contribution in [0, 0.1) is 0 Å². The zero-order valence-electron chi connectivity index (χ0n) is 11.4. The van der Waals surface area contributed by atoms with Gasteiger partial charge in [-0.15, -0.1) is 24.0 Å². The highest BCUT2D eigenvalue weighted by Gasteiger charge is 2.34. The average Bonchev–Trinajstić information content (AvgIpc) is 2.29. The summed E-state index contributed by atoms with van der Waals surface area (Å²) in [6.07, 6.45) is 2.85. The highest BCUT2D eigenvalue weighted by molar-refractivity contribution is 14.0. The number of aliphatic imine (C=N–C) groups is 1. The number of hydrogen-bond acceptors (Lipinski definition) is 3. The number of hydrogen-bond donors (Lipinski definition) is 3. The van der Waals surface area contributed by atoms with Crippen LogP contribution in [-0.2, 0) is 4.74 Å². The molecular weight excluding hydrogens is 345 g/mol. The number of guanidine groups is 1. The van der Waals surface area contributed by atoms with Crippen molar-refractivity contribution in [2.45, 2.75) is 38.7 Å². The molecule has 0 radical (unpaired) electrons. The maximum absolute atomic E-state index is 9.95. The Balaban J connectivity index is 0.00000289. The Morgan fingerprint density at radius 3 is 2.56 bits per heavy atom. The molecule has 0 atom stereocenters. The maximum Gasteiger partial charge on any atom is 0.191 e. The third kappa shape index (κ3) is 6.75. The Morgan fingerprint density at radius 1 is 1.33 bits per heavy atom. The quantitative estimate of drug-likeness (QED) is 0.272. The van der Waals surface area contributed by atoms with Gasteiger partial charge in [0.2, 0.25) is 0 Å². The monoisotopic (exact) mass is 371 g/mol. The van der Waals surface area contributed by atoms with E-state index >= 15 is 0 Å². The first-order valence-electron chi connectivity index (χ1n) is 6.52. The van der Waals surface area contributed by atoms with Crippen LogP contribution in [0.5, 0.6) is 0 Å². The summed E-state index contributed by atoms with van der Waals surface area (Å²) in [6, 6.07) is 0. The zero-order valence-corrected chi connectivity index (χ0v) is 13.7. The lowest BCUT2D eigenvalue weighted by molar-refractivity contribution is -0.0236. The average molecular weight is 371 g/mol. The summed E-state index contributed by atoms with van der Waals surface area (Å²) in [4.78, 5) is 4.39. The molecule has 18 heavy (non-hydrogen) atoms. The van der Waals surface area contributed by atoms with E-state index in [0.717, 1.165) is 44.9 Å². The van der Waals surface area contributed by atoms with E-state index in [9.17, 15) is 5.11 Å². The summed E-state index contributed by atoms with van der Waals surface area (Å²) >= 11 is 0. The van der Waals surface area contributed by atoms with Crippen LogP contribution in [0.3, 0.4) is 0 Å². The van der Waals surface area contributed by atoms with Crippen LogP contribution in [0.25, 0.3) is 0 Å². The first-order valence-corrected chi connectivity index (χ1v) is 6.52. The standard InChI is InChI=1S/C12H25N3O2.HI/c1-3-13-11(14-8-9-17-4-2)15-10-12(16)6-5-7-12;/h16H,3-10H2,1-2H3,(H2,13,14,15);1H. The van der Waals surface area contributed by atoms with Crippen molar-refractivity contribution in [2.24, 2.45) is 4.99 Å². The van der Waals surface area contributed by atoms with E-state index in [2.05, 4.69) is 15.6 Å². The van der Waals surface area contributed by atoms with Gasteiger partial charge < -0.3 is 20.5 Å². The second-order valence-electron chi connectivity index (χ2n) is 4.40. The van der Waals surface area contributed by atoms with Crippen molar-refractivity contribution >= 4 is 29.9 Å². The molecule has 1 aliphatic rings. The fourth-order valence-corrected chi connectivity index (χ4v) is 1.70. The molecule has 3 N–H and O–H groups in total. The van der Waals surface area contributed by atoms with Crippen molar-refractivity contribution in [3.8, 4) is 0 Å². The summed E-state index contributed by atoms with van der Waals surface area (Å²) in [5.41, 5.74) is -0.553. The van der Waals surface area contributed by atoms with Crippen molar-refractivity contribution in [3.05, 3.63) is 0 Å². The number of halogens is 1. The van der Waals surface area contributed by atoms with Gasteiger partial charge >= 0.3 is 0 Å². The minimum Gasteiger partial charge on any atom is -0.388 e. The predicted octanol–water partition coefficient (Wildman–Crippen LogP) is 1.11. The van der Waals surface area contributed by atoms with E-state index in [-0.39, 0.29) is 24.0 Å². The normalized spacial score (nSPS) is 17.6. The highest BCUT2D eigenvalue weighted by atomic mass is 127. The summed E-state index contributed by atoms with van der Waals surface area (Å²) in [5.74, 6) is 0.757. The lowest BCUT2D eigenvalue weighted by Gasteiger charge is -2.35. The van der Waals surface area contributed by atoms with Gasteiger partial charge in [0.25, 0.3) is 0 Å². The van der Waals surface area contributed by atoms with Crippen molar-refractivity contribution in [1.29, 1.82) is 0 Å². The molecule has 1 saturated carbocycles. The van der Waals surface area contributed by atoms with Gasteiger partial charge in [-0.3, -0.25) is 4.99 Å². The van der Waals surface area contributed by atoms with Gasteiger partial charge in [-0.25, -0.2) is 0 Å². The van der Waals surface area contributed by atoms with Gasteiger partial charge in [0.1, 0.15) is 0 Å². The van der Waals surface area contributed by atoms with Crippen LogP contribution >= 0.6 is 24.0 Å². The molecule has 0 spiro atoms. The lowest BCUT2D eigenvalue weighted by Crippen LogP contribution is -2.43. The smallest absolute Gasteiger partial charge is 0.191 e. The van der Waals surface area contributed by atoms with E-state index in [4.69, 9.17) is 4.74 Å². The third-order valence-electron chi connectivity index (χ3n) is 2.90. The number of aliphatic hydroxyl groups is 1. The molecule has 0 aromatic carbocycles. The molecule has 1 fully saturated rings. The molecule has 0 aliphatic heterocycles. The largest absolute Gasteiger partial charge is 0.388 e. The van der Waals surface area contributed by atoms with Crippen LogP contribution in [0.15, 0.2) is 4.99 Å². The molecule has 0 heterocycles. The third-order valence-corrected chi connectivity index (χ3v) is 2.90. The van der Waals surface area contributed by atoms with Gasteiger partial charge in [0.15, 0.2) is 5.96 Å². The zero-order chi connectivity index (χ0) is 12.6. The van der Waals surface area contributed by atoms with Crippen LogP contribution < -0.4 is 10.6 Å². The van der Waals surface area contributed by atoms with E-state index in [0.29, 0.717) is 13.2 Å². The molecule has 0 aromatic rings. The maximum atomic E-state index is 9.95. The molecule has 0 saturated heterocycles. The minimum atomic E-state index is -0.553. The molecule has 0 unspecified atom stereocenters. The van der Waals surface area contributed by atoms with Crippen LogP contribution in [-0.4, -0.2) is 49.5 Å². The predicted molar refractivity (Wildman–Crippen MR) is 84.7 cm³/mol. The van der Waals surface area contributed by atoms with Crippen molar-refractivity contribution in [2.75, 3.05) is 32.8 Å². The Morgan fingerprint density at radius 2 is 2.06 bits per heavy atom. The minimum absolute atomic E-state index is 0. The molecule has 1 aliphatic carbocycles. The summed E-state index contributed by atoms with van der Waals surface area (Å²) in [6.45, 7) is 7.44. The van der Waals surface area contributed by atoms with Crippen LogP contribution in [0.1, 0.15) is 33.1 Å². The lowest BCUT2D eigenvalue weighted by atomic mass is 9.80. The second-order valence-corrected chi connectivity index (χ2v) is 4.40. The topological polar surface area (TPSA) is 65.9 Å². The fourth-order valence-electron chi connectivity index (χ4n) is 1.70. The Hall–Kier alpha value is -0.0800.